The molecule has 0 rings (SSSR count). The van der Waals surface area contributed by atoms with E-state index in [0.29, 0.717) is 18.8 Å². The molecular weight excluding hydrogens is 188 g/mol. The minimum Gasteiger partial charge on any atom is -0.381 e. The van der Waals surface area contributed by atoms with Gasteiger partial charge in [-0.2, -0.15) is 0 Å². The van der Waals surface area contributed by atoms with Crippen LogP contribution in [-0.4, -0.2) is 19.0 Å². The van der Waals surface area contributed by atoms with Crippen molar-refractivity contribution >= 4 is 5.78 Å². The maximum atomic E-state index is 11.2. The highest BCUT2D eigenvalue weighted by atomic mass is 16.5. The predicted octanol–water partition coefficient (Wildman–Crippen LogP) is 3.44. The summed E-state index contributed by atoms with van der Waals surface area (Å²) in [6.07, 6.45) is 4.19. The van der Waals surface area contributed by atoms with Gasteiger partial charge in [0.25, 0.3) is 0 Å². The molecule has 0 unspecified atom stereocenters. The molecule has 0 atom stereocenters. The highest BCUT2D eigenvalue weighted by Gasteiger charge is 2.05. The van der Waals surface area contributed by atoms with Crippen LogP contribution >= 0.6 is 0 Å². The van der Waals surface area contributed by atoms with Crippen LogP contribution in [0.2, 0.25) is 0 Å². The number of carbonyl (C=O) groups is 1. The van der Waals surface area contributed by atoms with E-state index >= 15 is 0 Å². The third-order valence-corrected chi connectivity index (χ3v) is 2.46. The Morgan fingerprint density at radius 3 is 2.27 bits per heavy atom. The van der Waals surface area contributed by atoms with E-state index in [1.807, 2.05) is 13.8 Å². The molecule has 0 aromatic heterocycles. The maximum absolute atomic E-state index is 11.2. The Hall–Kier alpha value is -0.370. The van der Waals surface area contributed by atoms with Crippen LogP contribution in [0.25, 0.3) is 0 Å². The summed E-state index contributed by atoms with van der Waals surface area (Å²) in [7, 11) is 0. The number of unbranched alkanes of at least 4 members (excludes halogenated alkanes) is 1. The molecule has 15 heavy (non-hydrogen) atoms. The molecule has 2 heteroatoms. The third-order valence-electron chi connectivity index (χ3n) is 2.46. The first kappa shape index (κ1) is 14.6. The van der Waals surface area contributed by atoms with Gasteiger partial charge in [0.15, 0.2) is 0 Å². The maximum Gasteiger partial charge on any atom is 0.137 e. The van der Waals surface area contributed by atoms with Gasteiger partial charge >= 0.3 is 0 Å². The van der Waals surface area contributed by atoms with Crippen molar-refractivity contribution in [2.75, 3.05) is 13.2 Å². The van der Waals surface area contributed by atoms with Gasteiger partial charge in [0.05, 0.1) is 6.61 Å². The van der Waals surface area contributed by atoms with Crippen LogP contribution < -0.4 is 0 Å². The topological polar surface area (TPSA) is 26.3 Å². The van der Waals surface area contributed by atoms with Crippen LogP contribution in [0, 0.1) is 11.8 Å². The first-order chi connectivity index (χ1) is 7.04. The second-order valence-electron chi connectivity index (χ2n) is 4.87. The number of rotatable bonds is 9. The van der Waals surface area contributed by atoms with Crippen molar-refractivity contribution in [2.24, 2.45) is 11.8 Å². The smallest absolute Gasteiger partial charge is 0.137 e. The summed E-state index contributed by atoms with van der Waals surface area (Å²) >= 11 is 0. The zero-order valence-electron chi connectivity index (χ0n) is 10.7. The Bertz CT molecular complexity index is 162. The zero-order valence-corrected chi connectivity index (χ0v) is 10.7. The van der Waals surface area contributed by atoms with Gasteiger partial charge < -0.3 is 4.74 Å². The minimum atomic E-state index is 0.148. The molecule has 0 saturated heterocycles. The van der Waals surface area contributed by atoms with Crippen molar-refractivity contribution in [1.29, 1.82) is 0 Å². The van der Waals surface area contributed by atoms with Gasteiger partial charge in [0, 0.05) is 18.9 Å². The molecule has 0 aliphatic rings. The summed E-state index contributed by atoms with van der Waals surface area (Å²) < 4.78 is 5.42. The average Bonchev–Trinajstić information content (AvgIpc) is 2.15. The lowest BCUT2D eigenvalue weighted by Gasteiger charge is -2.06. The Kier molecular flexibility index (Phi) is 8.68. The molecular formula is C13H26O2. The Balaban J connectivity index is 3.15. The van der Waals surface area contributed by atoms with E-state index in [1.165, 1.54) is 12.8 Å². The van der Waals surface area contributed by atoms with Crippen LogP contribution in [0.5, 0.6) is 0 Å². The zero-order chi connectivity index (χ0) is 11.7. The van der Waals surface area contributed by atoms with Crippen molar-refractivity contribution in [3.05, 3.63) is 0 Å². The van der Waals surface area contributed by atoms with Gasteiger partial charge in [-0.15, -0.1) is 0 Å². The monoisotopic (exact) mass is 214 g/mol. The second-order valence-corrected chi connectivity index (χ2v) is 4.87. The van der Waals surface area contributed by atoms with E-state index in [9.17, 15) is 4.79 Å². The molecule has 0 fully saturated rings. The Morgan fingerprint density at radius 2 is 1.73 bits per heavy atom. The van der Waals surface area contributed by atoms with Gasteiger partial charge in [0.1, 0.15) is 5.78 Å². The van der Waals surface area contributed by atoms with Crippen molar-refractivity contribution in [3.8, 4) is 0 Å². The molecule has 0 aliphatic carbocycles. The summed E-state index contributed by atoms with van der Waals surface area (Å²) in [6.45, 7) is 9.75. The molecule has 90 valence electrons. The number of hydrogen-bond acceptors (Lipinski definition) is 2. The standard InChI is InChI=1S/C13H26O2/c1-11(2)7-5-6-9-15-10-8-13(14)12(3)4/h11-12H,5-10H2,1-4H3. The highest BCUT2D eigenvalue weighted by molar-refractivity contribution is 5.80. The van der Waals surface area contributed by atoms with Crippen LogP contribution in [0.1, 0.15) is 53.4 Å². The number of hydrogen-bond donors (Lipinski definition) is 0. The lowest BCUT2D eigenvalue weighted by atomic mass is 10.1. The van der Waals surface area contributed by atoms with Gasteiger partial charge in [-0.05, 0) is 12.3 Å². The quantitative estimate of drug-likeness (QED) is 0.550. The first-order valence-electron chi connectivity index (χ1n) is 6.14. The molecule has 0 amide bonds. The van der Waals surface area contributed by atoms with Gasteiger partial charge in [-0.25, -0.2) is 0 Å². The van der Waals surface area contributed by atoms with Crippen molar-refractivity contribution in [2.45, 2.75) is 53.4 Å². The van der Waals surface area contributed by atoms with Gasteiger partial charge in [-0.3, -0.25) is 4.79 Å². The number of ketones is 1. The third kappa shape index (κ3) is 9.92. The molecule has 0 radical (unpaired) electrons. The first-order valence-corrected chi connectivity index (χ1v) is 6.14. The Labute approximate surface area is 94.4 Å². The van der Waals surface area contributed by atoms with E-state index in [-0.39, 0.29) is 5.92 Å². The Morgan fingerprint density at radius 1 is 1.07 bits per heavy atom. The minimum absolute atomic E-state index is 0.148. The van der Waals surface area contributed by atoms with E-state index < -0.39 is 0 Å². The molecule has 0 N–H and O–H groups in total. The van der Waals surface area contributed by atoms with E-state index in [1.54, 1.807) is 0 Å². The largest absolute Gasteiger partial charge is 0.381 e. The summed E-state index contributed by atoms with van der Waals surface area (Å²) in [5, 5.41) is 0. The van der Waals surface area contributed by atoms with Crippen LogP contribution in [0.15, 0.2) is 0 Å². The van der Waals surface area contributed by atoms with E-state index in [4.69, 9.17) is 4.74 Å². The van der Waals surface area contributed by atoms with E-state index in [2.05, 4.69) is 13.8 Å². The second kappa shape index (κ2) is 8.90. The predicted molar refractivity (Wildman–Crippen MR) is 64.0 cm³/mol. The molecule has 0 aromatic carbocycles. The van der Waals surface area contributed by atoms with Crippen LogP contribution in [-0.2, 0) is 9.53 Å². The molecule has 0 heterocycles. The number of Topliss-reactive ketones (excluding diaryl/α,β-unsaturated/α-hetero) is 1. The number of carbonyl (C=O) groups excluding carboxylic acids is 1. The van der Waals surface area contributed by atoms with Gasteiger partial charge in [0.2, 0.25) is 0 Å². The van der Waals surface area contributed by atoms with E-state index in [0.717, 1.165) is 18.9 Å². The summed E-state index contributed by atoms with van der Waals surface area (Å²) in [6, 6.07) is 0. The fraction of sp³-hybridized carbons (Fsp3) is 0.923. The summed E-state index contributed by atoms with van der Waals surface area (Å²) in [4.78, 5) is 11.2. The lowest BCUT2D eigenvalue weighted by Crippen LogP contribution is -2.10. The number of ether oxygens (including phenoxy) is 1. The molecule has 0 aliphatic heterocycles. The average molecular weight is 214 g/mol. The van der Waals surface area contributed by atoms with Crippen LogP contribution in [0.3, 0.4) is 0 Å². The highest BCUT2D eigenvalue weighted by Crippen LogP contribution is 2.06. The van der Waals surface area contributed by atoms with Gasteiger partial charge in [-0.1, -0.05) is 40.5 Å². The molecule has 0 bridgehead atoms. The fourth-order valence-corrected chi connectivity index (χ4v) is 1.32. The SMILES string of the molecule is CC(C)CCCCOCCC(=O)C(C)C. The fourth-order valence-electron chi connectivity index (χ4n) is 1.32. The lowest BCUT2D eigenvalue weighted by molar-refractivity contribution is -0.122. The van der Waals surface area contributed by atoms with Crippen molar-refractivity contribution in [3.63, 3.8) is 0 Å². The summed E-state index contributed by atoms with van der Waals surface area (Å²) in [5.41, 5.74) is 0. The normalized spacial score (nSPS) is 11.3. The molecule has 2 nitrogen and oxygen atoms in total. The molecule has 0 saturated carbocycles. The molecule has 0 spiro atoms. The molecule has 0 aromatic rings. The van der Waals surface area contributed by atoms with Crippen LogP contribution in [0.4, 0.5) is 0 Å². The van der Waals surface area contributed by atoms with Crippen molar-refractivity contribution < 1.29 is 9.53 Å². The van der Waals surface area contributed by atoms with Crippen molar-refractivity contribution in [1.82, 2.24) is 0 Å². The summed E-state index contributed by atoms with van der Waals surface area (Å²) in [5.74, 6) is 1.24.